The van der Waals surface area contributed by atoms with Gasteiger partial charge in [0, 0.05) is 24.2 Å². The van der Waals surface area contributed by atoms with Crippen LogP contribution in [0.5, 0.6) is 0 Å². The van der Waals surface area contributed by atoms with Crippen molar-refractivity contribution in [3.63, 3.8) is 0 Å². The molecule has 3 heteroatoms. The molecule has 0 aromatic heterocycles. The Bertz CT molecular complexity index is 286. The number of nitrogens with one attached hydrogen (secondary N) is 1. The third kappa shape index (κ3) is 4.20. The molecule has 0 saturated heterocycles. The van der Waals surface area contributed by atoms with Gasteiger partial charge in [-0.05, 0) is 31.5 Å². The number of methoxy groups -OCH3 is 1. The lowest BCUT2D eigenvalue weighted by atomic mass is 10.1. The Hall–Kier alpha value is -0.570. The van der Waals surface area contributed by atoms with E-state index in [4.69, 9.17) is 16.3 Å². The Balaban J connectivity index is 2.53. The van der Waals surface area contributed by atoms with Gasteiger partial charge in [0.05, 0.1) is 6.61 Å². The zero-order chi connectivity index (χ0) is 11.3. The maximum Gasteiger partial charge on any atom is 0.0613 e. The minimum Gasteiger partial charge on any atom is -0.383 e. The highest BCUT2D eigenvalue weighted by Crippen LogP contribution is 2.16. The maximum absolute atomic E-state index is 5.83. The van der Waals surface area contributed by atoms with Gasteiger partial charge in [0.1, 0.15) is 0 Å². The second-order valence-corrected chi connectivity index (χ2v) is 4.23. The summed E-state index contributed by atoms with van der Waals surface area (Å²) < 4.78 is 5.08. The zero-order valence-corrected chi connectivity index (χ0v) is 10.2. The maximum atomic E-state index is 5.83. The molecule has 0 aliphatic heterocycles. The summed E-state index contributed by atoms with van der Waals surface area (Å²) in [7, 11) is 1.71. The molecule has 0 saturated carbocycles. The molecule has 0 bridgehead atoms. The van der Waals surface area contributed by atoms with Crippen LogP contribution in [0.25, 0.3) is 0 Å². The van der Waals surface area contributed by atoms with E-state index in [1.54, 1.807) is 7.11 Å². The topological polar surface area (TPSA) is 21.3 Å². The second-order valence-electron chi connectivity index (χ2n) is 3.80. The van der Waals surface area contributed by atoms with Gasteiger partial charge in [-0.1, -0.05) is 23.7 Å². The molecule has 0 aliphatic rings. The summed E-state index contributed by atoms with van der Waals surface area (Å²) in [5, 5.41) is 4.22. The van der Waals surface area contributed by atoms with Crippen molar-refractivity contribution in [1.82, 2.24) is 5.32 Å². The first-order valence-electron chi connectivity index (χ1n) is 5.14. The van der Waals surface area contributed by atoms with Crippen molar-refractivity contribution in [1.29, 1.82) is 0 Å². The fraction of sp³-hybridized carbons (Fsp3) is 0.500. The number of rotatable bonds is 5. The van der Waals surface area contributed by atoms with E-state index in [0.29, 0.717) is 12.1 Å². The van der Waals surface area contributed by atoms with Gasteiger partial charge in [-0.2, -0.15) is 0 Å². The number of halogens is 1. The minimum atomic E-state index is 0.312. The number of hydrogen-bond donors (Lipinski definition) is 1. The molecule has 0 spiro atoms. The molecule has 84 valence electrons. The molecule has 1 aromatic carbocycles. The van der Waals surface area contributed by atoms with Gasteiger partial charge in [-0.3, -0.25) is 0 Å². The van der Waals surface area contributed by atoms with Gasteiger partial charge >= 0.3 is 0 Å². The van der Waals surface area contributed by atoms with Crippen LogP contribution in [0.3, 0.4) is 0 Å². The monoisotopic (exact) mass is 227 g/mol. The molecule has 1 rings (SSSR count). The molecule has 15 heavy (non-hydrogen) atoms. The quantitative estimate of drug-likeness (QED) is 0.835. The van der Waals surface area contributed by atoms with Crippen molar-refractivity contribution in [3.05, 3.63) is 34.9 Å². The average Bonchev–Trinajstić information content (AvgIpc) is 2.18. The Labute approximate surface area is 96.6 Å². The van der Waals surface area contributed by atoms with Crippen LogP contribution in [-0.2, 0) is 4.74 Å². The van der Waals surface area contributed by atoms with Gasteiger partial charge in [-0.25, -0.2) is 0 Å². The molecule has 0 fully saturated rings. The molecule has 0 aliphatic carbocycles. The summed E-state index contributed by atoms with van der Waals surface area (Å²) in [6.07, 6.45) is 0. The summed E-state index contributed by atoms with van der Waals surface area (Å²) in [4.78, 5) is 0. The number of hydrogen-bond acceptors (Lipinski definition) is 2. The molecule has 0 unspecified atom stereocenters. The van der Waals surface area contributed by atoms with Crippen molar-refractivity contribution >= 4 is 11.6 Å². The molecule has 1 aromatic rings. The first-order valence-corrected chi connectivity index (χ1v) is 5.51. The smallest absolute Gasteiger partial charge is 0.0613 e. The molecular formula is C12H18ClNO. The third-order valence-corrected chi connectivity index (χ3v) is 2.57. The highest BCUT2D eigenvalue weighted by molar-refractivity contribution is 6.30. The Morgan fingerprint density at radius 1 is 1.27 bits per heavy atom. The van der Waals surface area contributed by atoms with E-state index in [-0.39, 0.29) is 0 Å². The largest absolute Gasteiger partial charge is 0.383 e. The fourth-order valence-electron chi connectivity index (χ4n) is 1.57. The van der Waals surface area contributed by atoms with Crippen LogP contribution >= 0.6 is 11.6 Å². The first-order chi connectivity index (χ1) is 7.13. The summed E-state index contributed by atoms with van der Waals surface area (Å²) in [5.41, 5.74) is 1.24. The SMILES string of the molecule is COC[C@H](C)N[C@H](C)c1ccc(Cl)cc1. The van der Waals surface area contributed by atoms with E-state index >= 15 is 0 Å². The van der Waals surface area contributed by atoms with E-state index in [0.717, 1.165) is 11.6 Å². The number of benzene rings is 1. The van der Waals surface area contributed by atoms with Crippen molar-refractivity contribution in [2.75, 3.05) is 13.7 Å². The molecular weight excluding hydrogens is 210 g/mol. The Morgan fingerprint density at radius 2 is 1.87 bits per heavy atom. The lowest BCUT2D eigenvalue weighted by Crippen LogP contribution is -2.32. The minimum absolute atomic E-state index is 0.312. The van der Waals surface area contributed by atoms with Crippen LogP contribution in [0.1, 0.15) is 25.5 Å². The van der Waals surface area contributed by atoms with Gasteiger partial charge in [0.25, 0.3) is 0 Å². The third-order valence-electron chi connectivity index (χ3n) is 2.32. The van der Waals surface area contributed by atoms with Crippen LogP contribution in [0.15, 0.2) is 24.3 Å². The van der Waals surface area contributed by atoms with Crippen LogP contribution in [0.2, 0.25) is 5.02 Å². The summed E-state index contributed by atoms with van der Waals surface area (Å²) >= 11 is 5.83. The van der Waals surface area contributed by atoms with E-state index in [9.17, 15) is 0 Å². The summed E-state index contributed by atoms with van der Waals surface area (Å²) in [6.45, 7) is 4.96. The molecule has 1 N–H and O–H groups in total. The van der Waals surface area contributed by atoms with Crippen molar-refractivity contribution in [2.45, 2.75) is 25.9 Å². The molecule has 0 heterocycles. The normalized spacial score (nSPS) is 14.9. The van der Waals surface area contributed by atoms with Gasteiger partial charge in [0.2, 0.25) is 0 Å². The molecule has 0 amide bonds. The van der Waals surface area contributed by atoms with Crippen molar-refractivity contribution in [3.8, 4) is 0 Å². The van der Waals surface area contributed by atoms with Gasteiger partial charge in [-0.15, -0.1) is 0 Å². The molecule has 2 atom stereocenters. The summed E-state index contributed by atoms with van der Waals surface area (Å²) in [6, 6.07) is 8.57. The number of ether oxygens (including phenoxy) is 1. The molecule has 0 radical (unpaired) electrons. The fourth-order valence-corrected chi connectivity index (χ4v) is 1.70. The zero-order valence-electron chi connectivity index (χ0n) is 9.46. The van der Waals surface area contributed by atoms with Gasteiger partial charge in [0.15, 0.2) is 0 Å². The highest BCUT2D eigenvalue weighted by atomic mass is 35.5. The Kier molecular flexibility index (Phi) is 5.09. The average molecular weight is 228 g/mol. The van der Waals surface area contributed by atoms with Crippen LogP contribution in [-0.4, -0.2) is 19.8 Å². The lowest BCUT2D eigenvalue weighted by Gasteiger charge is -2.19. The second kappa shape index (κ2) is 6.11. The van der Waals surface area contributed by atoms with Crippen LogP contribution < -0.4 is 5.32 Å². The Morgan fingerprint density at radius 3 is 2.40 bits per heavy atom. The standard InChI is InChI=1S/C12H18ClNO/c1-9(8-15-3)14-10(2)11-4-6-12(13)7-5-11/h4-7,9-10,14H,8H2,1-3H3/t9-,10+/m0/s1. The summed E-state index contributed by atoms with van der Waals surface area (Å²) in [5.74, 6) is 0. The molecule has 2 nitrogen and oxygen atoms in total. The first kappa shape index (κ1) is 12.5. The van der Waals surface area contributed by atoms with E-state index in [1.165, 1.54) is 5.56 Å². The highest BCUT2D eigenvalue weighted by Gasteiger charge is 2.08. The predicted octanol–water partition coefficient (Wildman–Crippen LogP) is 3.03. The van der Waals surface area contributed by atoms with Crippen LogP contribution in [0, 0.1) is 0 Å². The predicted molar refractivity (Wildman–Crippen MR) is 64.3 cm³/mol. The van der Waals surface area contributed by atoms with E-state index in [1.807, 2.05) is 24.3 Å². The van der Waals surface area contributed by atoms with Crippen molar-refractivity contribution < 1.29 is 4.74 Å². The lowest BCUT2D eigenvalue weighted by molar-refractivity contribution is 0.168. The van der Waals surface area contributed by atoms with E-state index in [2.05, 4.69) is 19.2 Å². The van der Waals surface area contributed by atoms with E-state index < -0.39 is 0 Å². The van der Waals surface area contributed by atoms with Gasteiger partial charge < -0.3 is 10.1 Å². The van der Waals surface area contributed by atoms with Crippen LogP contribution in [0.4, 0.5) is 0 Å². The van der Waals surface area contributed by atoms with Crippen molar-refractivity contribution in [2.24, 2.45) is 0 Å².